The SMILES string of the molecule is CCCCC(CC)Cc1ccc(-c2c3sc4ccsc4c3c(-c3ccc(CC(CC)CCCC)s3)c3sc4ccsc4c23)s1. The van der Waals surface area contributed by atoms with Gasteiger partial charge in [0.1, 0.15) is 0 Å². The van der Waals surface area contributed by atoms with E-state index >= 15 is 0 Å². The van der Waals surface area contributed by atoms with Crippen molar-refractivity contribution in [3.63, 3.8) is 0 Å². The Morgan fingerprint density at radius 3 is 1.39 bits per heavy atom. The molecule has 0 aliphatic heterocycles. The van der Waals surface area contributed by atoms with Gasteiger partial charge in [-0.15, -0.1) is 68.0 Å². The van der Waals surface area contributed by atoms with E-state index in [2.05, 4.69) is 97.5 Å². The van der Waals surface area contributed by atoms with Crippen LogP contribution in [0.4, 0.5) is 0 Å². The molecule has 0 spiro atoms. The molecule has 0 saturated carbocycles. The highest BCUT2D eigenvalue weighted by Gasteiger charge is 2.26. The lowest BCUT2D eigenvalue weighted by molar-refractivity contribution is 0.452. The third-order valence-corrected chi connectivity index (χ3v) is 16.1. The van der Waals surface area contributed by atoms with Crippen molar-refractivity contribution in [2.45, 2.75) is 91.9 Å². The number of fused-ring (bicyclic) bond motifs is 6. The highest BCUT2D eigenvalue weighted by atomic mass is 32.1. The molecule has 6 heteroatoms. The maximum atomic E-state index is 2.45. The molecule has 0 saturated heterocycles. The van der Waals surface area contributed by atoms with Crippen molar-refractivity contribution < 1.29 is 0 Å². The predicted octanol–water partition coefficient (Wildman–Crippen LogP) is 15.5. The minimum Gasteiger partial charge on any atom is -0.142 e. The van der Waals surface area contributed by atoms with Gasteiger partial charge in [-0.1, -0.05) is 79.1 Å². The maximum absolute atomic E-state index is 2.45. The topological polar surface area (TPSA) is 0 Å². The van der Waals surface area contributed by atoms with Crippen LogP contribution < -0.4 is 0 Å². The van der Waals surface area contributed by atoms with Gasteiger partial charge in [-0.25, -0.2) is 0 Å². The van der Waals surface area contributed by atoms with Crippen LogP contribution in [-0.4, -0.2) is 0 Å². The van der Waals surface area contributed by atoms with Crippen molar-refractivity contribution in [1.29, 1.82) is 0 Å². The fraction of sp³-hybridized carbons (Fsp3) is 0.421. The third kappa shape index (κ3) is 5.77. The second-order valence-electron chi connectivity index (χ2n) is 12.4. The first-order valence-corrected chi connectivity index (χ1v) is 21.6. The van der Waals surface area contributed by atoms with E-state index in [1.165, 1.54) is 124 Å². The van der Waals surface area contributed by atoms with Crippen LogP contribution in [-0.2, 0) is 12.8 Å². The Bertz CT molecular complexity index is 1850. The molecule has 2 unspecified atom stereocenters. The zero-order valence-corrected chi connectivity index (χ0v) is 31.2. The van der Waals surface area contributed by atoms with Gasteiger partial charge in [-0.05, 0) is 71.8 Å². The van der Waals surface area contributed by atoms with Gasteiger partial charge in [0.05, 0.1) is 9.40 Å². The second-order valence-corrected chi connectivity index (χ2v) is 18.6. The quantitative estimate of drug-likeness (QED) is 0.107. The van der Waals surface area contributed by atoms with Crippen LogP contribution in [0.2, 0.25) is 0 Å². The van der Waals surface area contributed by atoms with Crippen LogP contribution in [0, 0.1) is 11.8 Å². The van der Waals surface area contributed by atoms with E-state index in [0.29, 0.717) is 0 Å². The Kier molecular flexibility index (Phi) is 9.66. The van der Waals surface area contributed by atoms with Crippen LogP contribution in [0.3, 0.4) is 0 Å². The first-order valence-electron chi connectivity index (χ1n) is 16.6. The standard InChI is InChI=1S/C38H42S6/c1-5-9-11-23(7-3)21-25-13-15-27(41-25)31-33-35-29(17-19-39-35)44-38(33)32(34-36-30(18-20-40-36)43-37(31)34)28-16-14-26(42-28)22-24(8-4)12-10-6-2/h13-20,23-24H,5-12,21-22H2,1-4H3. The largest absolute Gasteiger partial charge is 0.142 e. The fourth-order valence-corrected chi connectivity index (χ4v) is 14.2. The number of rotatable bonds is 14. The first-order chi connectivity index (χ1) is 21.6. The molecule has 0 N–H and O–H groups in total. The highest BCUT2D eigenvalue weighted by molar-refractivity contribution is 7.35. The van der Waals surface area contributed by atoms with Crippen LogP contribution >= 0.6 is 68.0 Å². The third-order valence-electron chi connectivity index (χ3n) is 9.43. The Hall–Kier alpha value is -1.54. The molecule has 0 aliphatic rings. The van der Waals surface area contributed by atoms with E-state index in [1.807, 2.05) is 45.3 Å². The van der Waals surface area contributed by atoms with Crippen LogP contribution in [0.1, 0.15) is 88.8 Å². The highest BCUT2D eigenvalue weighted by Crippen LogP contribution is 2.57. The van der Waals surface area contributed by atoms with Gasteiger partial charge in [-0.3, -0.25) is 0 Å². The van der Waals surface area contributed by atoms with Gasteiger partial charge in [-0.2, -0.15) is 0 Å². The van der Waals surface area contributed by atoms with Crippen LogP contribution in [0.25, 0.3) is 59.9 Å². The molecular formula is C38H42S6. The van der Waals surface area contributed by atoms with E-state index in [-0.39, 0.29) is 0 Å². The summed E-state index contributed by atoms with van der Waals surface area (Å²) in [6, 6.07) is 14.5. The fourth-order valence-electron chi connectivity index (χ4n) is 6.85. The molecule has 230 valence electrons. The van der Waals surface area contributed by atoms with Gasteiger partial charge < -0.3 is 0 Å². The number of hydrogen-bond donors (Lipinski definition) is 0. The van der Waals surface area contributed by atoms with Crippen LogP contribution in [0.15, 0.2) is 47.2 Å². The van der Waals surface area contributed by atoms with Gasteiger partial charge in [0.15, 0.2) is 0 Å². The summed E-state index contributed by atoms with van der Waals surface area (Å²) in [4.78, 5) is 6.03. The zero-order chi connectivity index (χ0) is 30.2. The summed E-state index contributed by atoms with van der Waals surface area (Å²) in [5.41, 5.74) is 3.00. The summed E-state index contributed by atoms with van der Waals surface area (Å²) >= 11 is 12.0. The Balaban J connectivity index is 1.41. The number of benzene rings is 1. The molecule has 7 aromatic rings. The monoisotopic (exact) mass is 690 g/mol. The van der Waals surface area contributed by atoms with Gasteiger partial charge in [0.25, 0.3) is 0 Å². The van der Waals surface area contributed by atoms with E-state index in [9.17, 15) is 0 Å². The Morgan fingerprint density at radius 1 is 0.523 bits per heavy atom. The summed E-state index contributed by atoms with van der Waals surface area (Å²) in [7, 11) is 0. The molecule has 0 nitrogen and oxygen atoms in total. The average Bonchev–Trinajstić information content (AvgIpc) is 3.87. The van der Waals surface area contributed by atoms with E-state index in [4.69, 9.17) is 0 Å². The number of unbranched alkanes of at least 4 members (excludes halogenated alkanes) is 2. The van der Waals surface area contributed by atoms with Gasteiger partial charge >= 0.3 is 0 Å². The summed E-state index contributed by atoms with van der Waals surface area (Å²) in [6.45, 7) is 9.39. The zero-order valence-electron chi connectivity index (χ0n) is 26.3. The molecule has 1 aromatic carbocycles. The molecule has 6 heterocycles. The van der Waals surface area contributed by atoms with Crippen molar-refractivity contribution in [1.82, 2.24) is 0 Å². The van der Waals surface area contributed by atoms with Crippen molar-refractivity contribution >= 4 is 107 Å². The molecule has 0 bridgehead atoms. The molecule has 0 aliphatic carbocycles. The van der Waals surface area contributed by atoms with Crippen molar-refractivity contribution in [2.75, 3.05) is 0 Å². The van der Waals surface area contributed by atoms with E-state index in [1.54, 1.807) is 9.75 Å². The number of hydrogen-bond acceptors (Lipinski definition) is 6. The predicted molar refractivity (Wildman–Crippen MR) is 209 cm³/mol. The van der Waals surface area contributed by atoms with Crippen molar-refractivity contribution in [2.24, 2.45) is 11.8 Å². The lowest BCUT2D eigenvalue weighted by Gasteiger charge is -2.13. The number of thiophene rings is 6. The average molecular weight is 691 g/mol. The lowest BCUT2D eigenvalue weighted by Crippen LogP contribution is -2.01. The molecular weight excluding hydrogens is 649 g/mol. The minimum atomic E-state index is 0.795. The normalized spacial score (nSPS) is 13.7. The van der Waals surface area contributed by atoms with E-state index < -0.39 is 0 Å². The van der Waals surface area contributed by atoms with Gasteiger partial charge in [0.2, 0.25) is 0 Å². The maximum Gasteiger partial charge on any atom is 0.0536 e. The van der Waals surface area contributed by atoms with Crippen molar-refractivity contribution in [3.8, 4) is 20.9 Å². The molecule has 7 rings (SSSR count). The molecule has 2 atom stereocenters. The molecule has 0 amide bonds. The Morgan fingerprint density at radius 2 is 0.977 bits per heavy atom. The molecule has 44 heavy (non-hydrogen) atoms. The lowest BCUT2D eigenvalue weighted by atomic mass is 9.95. The first kappa shape index (κ1) is 31.1. The summed E-state index contributed by atoms with van der Waals surface area (Å²) in [5, 5.41) is 7.61. The molecule has 0 fully saturated rings. The van der Waals surface area contributed by atoms with Crippen LogP contribution in [0.5, 0.6) is 0 Å². The summed E-state index contributed by atoms with van der Waals surface area (Å²) in [6.07, 6.45) is 13.0. The van der Waals surface area contributed by atoms with E-state index in [0.717, 1.165) is 11.8 Å². The minimum absolute atomic E-state index is 0.795. The Labute approximate surface area is 286 Å². The smallest absolute Gasteiger partial charge is 0.0536 e. The molecule has 0 radical (unpaired) electrons. The van der Waals surface area contributed by atoms with Gasteiger partial charge in [0, 0.05) is 60.2 Å². The second kappa shape index (κ2) is 13.7. The molecule has 6 aromatic heterocycles. The summed E-state index contributed by atoms with van der Waals surface area (Å²) < 4.78 is 8.84. The van der Waals surface area contributed by atoms with Crippen molar-refractivity contribution in [3.05, 3.63) is 56.9 Å². The summed E-state index contributed by atoms with van der Waals surface area (Å²) in [5.74, 6) is 1.59.